The summed E-state index contributed by atoms with van der Waals surface area (Å²) in [5.74, 6) is -9.26. The SMILES string of the molecule is Nc1nc(NS(=O)(=O)c2ccc(N=Nc3c([O-])ccc4ccccc34)cc2)nc([O-])c1N=Nc1cc(S(=O)(=O)[O-])cc([N+](=O)[O-])c1[O-].Nc1nc(NS(=O)(=O)c2ccc(N=Nc3c([O-])ccc4ccccc34)cc2)nc([O-])c1N=Nc1cc(S(=O)(=O)[O-])cc([N+](=O)[O-])c1[O-].[Cr+3].[Na+].[Na+].[Na+].[Na+].[Na]. The van der Waals surface area contributed by atoms with Gasteiger partial charge < -0.3 is 51.2 Å². The maximum atomic E-state index is 12.9. The van der Waals surface area contributed by atoms with Crippen molar-refractivity contribution in [2.75, 3.05) is 20.9 Å². The Morgan fingerprint density at radius 1 is 0.400 bits per heavy atom. The summed E-state index contributed by atoms with van der Waals surface area (Å²) < 4.78 is 124. The van der Waals surface area contributed by atoms with Crippen molar-refractivity contribution >= 4 is 172 Å². The van der Waals surface area contributed by atoms with Crippen LogP contribution < -0.4 is 170 Å². The van der Waals surface area contributed by atoms with E-state index in [0.717, 1.165) is 35.0 Å². The zero-order valence-corrected chi connectivity index (χ0v) is 66.0. The molecule has 6 N–H and O–H groups in total. The first-order valence-electron chi connectivity index (χ1n) is 25.2. The van der Waals surface area contributed by atoms with Crippen molar-refractivity contribution in [3.63, 3.8) is 0 Å². The number of anilines is 4. The Morgan fingerprint density at radius 3 is 1.03 bits per heavy atom. The number of hydrogen-bond donors (Lipinski definition) is 4. The Labute approximate surface area is 683 Å². The summed E-state index contributed by atoms with van der Waals surface area (Å²) in [6.45, 7) is 0. The molecule has 0 atom stereocenters. The Hall–Kier alpha value is -7.11. The summed E-state index contributed by atoms with van der Waals surface area (Å²) in [5, 5.41) is 129. The molecule has 2 radical (unpaired) electrons. The average Bonchev–Trinajstić information content (AvgIpc) is 0.813. The molecule has 484 valence electrons. The van der Waals surface area contributed by atoms with Crippen molar-refractivity contribution in [3.8, 4) is 34.8 Å². The van der Waals surface area contributed by atoms with Crippen LogP contribution in [0.2, 0.25) is 0 Å². The fourth-order valence-electron chi connectivity index (χ4n) is 7.88. The molecular formula is C52H30CrN18Na5O20S4-. The monoisotopic (exact) mass is 1520 g/mol. The molecule has 48 heteroatoms. The minimum atomic E-state index is -5.26. The summed E-state index contributed by atoms with van der Waals surface area (Å²) in [5.41, 5.74) is 5.72. The van der Waals surface area contributed by atoms with Gasteiger partial charge in [-0.3, -0.25) is 20.2 Å². The Kier molecular flexibility index (Phi) is 31.5. The second kappa shape index (κ2) is 36.2. The molecule has 0 spiro atoms. The molecule has 8 aromatic carbocycles. The number of benzene rings is 8. The van der Waals surface area contributed by atoms with Crippen molar-refractivity contribution in [2.45, 2.75) is 19.6 Å². The van der Waals surface area contributed by atoms with Crippen molar-refractivity contribution < 1.29 is 219 Å². The number of nitrogens with one attached hydrogen (secondary N) is 2. The molecular weight excluding hydrogens is 1490 g/mol. The van der Waals surface area contributed by atoms with Crippen molar-refractivity contribution in [1.29, 1.82) is 0 Å². The van der Waals surface area contributed by atoms with E-state index in [0.29, 0.717) is 22.9 Å². The zero-order valence-electron chi connectivity index (χ0n) is 51.5. The molecule has 0 saturated carbocycles. The van der Waals surface area contributed by atoms with E-state index in [1.54, 1.807) is 60.7 Å². The van der Waals surface area contributed by atoms with E-state index in [4.69, 9.17) is 11.5 Å². The summed E-state index contributed by atoms with van der Waals surface area (Å²) in [4.78, 5) is 30.8. The summed E-state index contributed by atoms with van der Waals surface area (Å²) in [7, 11) is -19.3. The molecule has 100 heavy (non-hydrogen) atoms. The van der Waals surface area contributed by atoms with Crippen LogP contribution in [0.15, 0.2) is 206 Å². The number of fused-ring (bicyclic) bond motifs is 2. The number of nitrogen functional groups attached to an aromatic ring is 2. The van der Waals surface area contributed by atoms with Gasteiger partial charge in [0.15, 0.2) is 11.6 Å². The van der Waals surface area contributed by atoms with E-state index in [1.807, 2.05) is 9.44 Å². The fourth-order valence-corrected chi connectivity index (χ4v) is 10.8. The van der Waals surface area contributed by atoms with E-state index in [2.05, 4.69) is 60.8 Å². The third kappa shape index (κ3) is 21.0. The number of sulfonamides is 2. The summed E-state index contributed by atoms with van der Waals surface area (Å²) >= 11 is 0. The average molecular weight is 1520 g/mol. The smallest absolute Gasteiger partial charge is 0.871 e. The molecule has 0 bridgehead atoms. The van der Waals surface area contributed by atoms with Crippen LogP contribution >= 0.6 is 0 Å². The predicted octanol–water partition coefficient (Wildman–Crippen LogP) is -6.61. The number of rotatable bonds is 18. The molecule has 10 aromatic rings. The van der Waals surface area contributed by atoms with Gasteiger partial charge in [0.25, 0.3) is 31.4 Å². The zero-order chi connectivity index (χ0) is 68.2. The van der Waals surface area contributed by atoms with Gasteiger partial charge in [0.2, 0.25) is 11.9 Å². The van der Waals surface area contributed by atoms with Gasteiger partial charge in [-0.15, -0.1) is 10.2 Å². The first kappa shape index (κ1) is 87.1. The quantitative estimate of drug-likeness (QED) is 0.0204. The maximum Gasteiger partial charge on any atom is 3.00 e. The first-order valence-corrected chi connectivity index (χ1v) is 31.0. The van der Waals surface area contributed by atoms with E-state index in [9.17, 15) is 93.6 Å². The van der Waals surface area contributed by atoms with E-state index >= 15 is 0 Å². The molecule has 0 fully saturated rings. The molecule has 0 unspecified atom stereocenters. The number of nitrogens with two attached hydrogens (primary N) is 2. The maximum absolute atomic E-state index is 12.9. The minimum Gasteiger partial charge on any atom is -0.871 e. The van der Waals surface area contributed by atoms with Crippen LogP contribution in [0.25, 0.3) is 21.5 Å². The van der Waals surface area contributed by atoms with Gasteiger partial charge in [0, 0.05) is 75.7 Å². The van der Waals surface area contributed by atoms with Crippen molar-refractivity contribution in [3.05, 3.63) is 166 Å². The van der Waals surface area contributed by atoms with Gasteiger partial charge in [-0.25, -0.2) is 53.1 Å². The van der Waals surface area contributed by atoms with E-state index < -0.39 is 141 Å². The number of hydrogen-bond acceptors (Lipinski definition) is 34. The Bertz CT molecular complexity index is 5020. The standard InChI is InChI=1S/2C26H19N9O10S2.Cr.5Na/c2*27-24-22(33-31-18-11-16(47(43,44)45)12-19(23(18)37)35(39)40)25(38)29-26(28-24)34-46(41,42)15-8-6-14(7-9-15)30-32-21-17-4-2-1-3-13(17)5-10-20(21)36;;;;;;/h2*1-12,36-37H,(H,43,44,45)(H4,27,28,29,34,38);;;;;;/q;;+3;;4*+1/p-8. The number of nitrogens with zero attached hydrogens (tertiary/aromatic N) is 14. The van der Waals surface area contributed by atoms with Gasteiger partial charge in [-0.2, -0.15) is 40.7 Å². The Balaban J connectivity index is 0.000000491. The topological polar surface area (TPSA) is 634 Å². The Morgan fingerprint density at radius 2 is 0.720 bits per heavy atom. The third-order valence-corrected chi connectivity index (χ3v) is 16.6. The van der Waals surface area contributed by atoms with Gasteiger partial charge in [0.1, 0.15) is 31.6 Å². The van der Waals surface area contributed by atoms with E-state index in [-0.39, 0.29) is 221 Å². The molecule has 0 amide bonds. The molecule has 2 aromatic heterocycles. The van der Waals surface area contributed by atoms with Crippen LogP contribution in [-0.4, -0.2) is 102 Å². The van der Waals surface area contributed by atoms with Crippen LogP contribution in [-0.2, 0) is 57.6 Å². The molecule has 0 aliphatic rings. The van der Waals surface area contributed by atoms with Crippen molar-refractivity contribution in [1.82, 2.24) is 19.9 Å². The molecule has 10 rings (SSSR count). The summed E-state index contributed by atoms with van der Waals surface area (Å²) in [6.07, 6.45) is 0. The second-order valence-electron chi connectivity index (χ2n) is 18.4. The van der Waals surface area contributed by atoms with Crippen LogP contribution in [0.5, 0.6) is 34.8 Å². The van der Waals surface area contributed by atoms with Gasteiger partial charge in [-0.05, 0) is 71.4 Å². The molecule has 0 saturated heterocycles. The molecule has 38 nitrogen and oxygen atoms in total. The summed E-state index contributed by atoms with van der Waals surface area (Å²) in [6, 6.07) is 31.2. The van der Waals surface area contributed by atoms with Crippen LogP contribution in [0.4, 0.5) is 80.4 Å². The van der Waals surface area contributed by atoms with Crippen LogP contribution in [0.3, 0.4) is 0 Å². The van der Waals surface area contributed by atoms with Gasteiger partial charge >= 0.3 is 136 Å². The first-order chi connectivity index (χ1) is 44.3. The molecule has 0 aliphatic carbocycles. The number of nitro benzene ring substituents is 2. The van der Waals surface area contributed by atoms with Crippen LogP contribution in [0.1, 0.15) is 0 Å². The predicted molar refractivity (Wildman–Crippen MR) is 317 cm³/mol. The number of azo groups is 4. The second-order valence-corrected chi connectivity index (χ2v) is 24.6. The molecule has 0 aliphatic heterocycles. The van der Waals surface area contributed by atoms with Crippen LogP contribution in [0, 0.1) is 20.2 Å². The van der Waals surface area contributed by atoms with Gasteiger partial charge in [-0.1, -0.05) is 84.3 Å². The number of aromatic nitrogens is 4. The van der Waals surface area contributed by atoms with Gasteiger partial charge in [0.05, 0.1) is 63.6 Å². The van der Waals surface area contributed by atoms with E-state index in [1.165, 1.54) is 36.4 Å². The normalized spacial score (nSPS) is 11.5. The fraction of sp³-hybridized carbons (Fsp3) is 0. The minimum absolute atomic E-state index is 0. The van der Waals surface area contributed by atoms with Crippen molar-refractivity contribution in [2.24, 2.45) is 40.9 Å². The largest absolute Gasteiger partial charge is 3.00 e. The number of nitro groups is 2. The molecule has 2 heterocycles. The third-order valence-electron chi connectivity index (χ3n) is 12.3.